The highest BCUT2D eigenvalue weighted by atomic mass is 32.2. The van der Waals surface area contributed by atoms with Gasteiger partial charge in [0.05, 0.1) is 31.3 Å². The Morgan fingerprint density at radius 2 is 2.05 bits per heavy atom. The molecule has 0 aromatic heterocycles. The molecule has 20 heavy (non-hydrogen) atoms. The fraction of sp³-hybridized carbons (Fsp3) is 0.462. The largest absolute Gasteiger partial charge is 0.497 e. The zero-order valence-corrected chi connectivity index (χ0v) is 12.2. The van der Waals surface area contributed by atoms with Crippen LogP contribution in [0.3, 0.4) is 0 Å². The van der Waals surface area contributed by atoms with Crippen LogP contribution >= 0.6 is 0 Å². The van der Waals surface area contributed by atoms with Crippen LogP contribution in [0.15, 0.2) is 18.2 Å². The first-order valence-electron chi connectivity index (χ1n) is 6.18. The maximum Gasteiger partial charge on any atom is 0.255 e. The van der Waals surface area contributed by atoms with E-state index in [2.05, 4.69) is 5.32 Å². The van der Waals surface area contributed by atoms with E-state index < -0.39 is 9.84 Å². The molecule has 7 heteroatoms. The topological polar surface area (TPSA) is 81.7 Å². The lowest BCUT2D eigenvalue weighted by Gasteiger charge is -2.13. The summed E-state index contributed by atoms with van der Waals surface area (Å²) in [6.45, 7) is 0. The highest BCUT2D eigenvalue weighted by Crippen LogP contribution is 2.25. The van der Waals surface area contributed by atoms with E-state index in [1.165, 1.54) is 14.2 Å². The summed E-state index contributed by atoms with van der Waals surface area (Å²) < 4.78 is 33.0. The fourth-order valence-corrected chi connectivity index (χ4v) is 3.83. The molecule has 1 saturated heterocycles. The second-order valence-corrected chi connectivity index (χ2v) is 6.87. The molecule has 0 saturated carbocycles. The molecular weight excluding hydrogens is 282 g/mol. The van der Waals surface area contributed by atoms with Crippen LogP contribution < -0.4 is 14.8 Å². The molecule has 1 aliphatic rings. The van der Waals surface area contributed by atoms with Crippen LogP contribution in [0.4, 0.5) is 0 Å². The SMILES string of the molecule is COc1ccc(C(=O)NC2CCS(=O)(=O)C2)c(OC)c1. The van der Waals surface area contributed by atoms with E-state index in [1.807, 2.05) is 0 Å². The number of hydrogen-bond acceptors (Lipinski definition) is 5. The summed E-state index contributed by atoms with van der Waals surface area (Å²) >= 11 is 0. The summed E-state index contributed by atoms with van der Waals surface area (Å²) in [4.78, 5) is 12.2. The van der Waals surface area contributed by atoms with Gasteiger partial charge in [-0.25, -0.2) is 8.42 Å². The first-order chi connectivity index (χ1) is 9.45. The quantitative estimate of drug-likeness (QED) is 0.881. The number of nitrogens with one attached hydrogen (secondary N) is 1. The van der Waals surface area contributed by atoms with Crippen LogP contribution in [-0.2, 0) is 9.84 Å². The normalized spacial score (nSPS) is 20.4. The van der Waals surface area contributed by atoms with Crippen LogP contribution in [0.5, 0.6) is 11.5 Å². The third kappa shape index (κ3) is 3.22. The molecule has 0 radical (unpaired) electrons. The lowest BCUT2D eigenvalue weighted by atomic mass is 10.1. The van der Waals surface area contributed by atoms with Crippen molar-refractivity contribution in [1.82, 2.24) is 5.32 Å². The van der Waals surface area contributed by atoms with Crippen molar-refractivity contribution < 1.29 is 22.7 Å². The molecule has 0 spiro atoms. The van der Waals surface area contributed by atoms with E-state index in [1.54, 1.807) is 18.2 Å². The number of amides is 1. The summed E-state index contributed by atoms with van der Waals surface area (Å²) in [5.74, 6) is 0.755. The highest BCUT2D eigenvalue weighted by Gasteiger charge is 2.29. The predicted octanol–water partition coefficient (Wildman–Crippen LogP) is 0.621. The van der Waals surface area contributed by atoms with E-state index in [0.717, 1.165) is 0 Å². The van der Waals surface area contributed by atoms with Crippen molar-refractivity contribution in [3.8, 4) is 11.5 Å². The number of carbonyl (C=O) groups is 1. The molecular formula is C13H17NO5S. The van der Waals surface area contributed by atoms with Crippen molar-refractivity contribution in [3.63, 3.8) is 0 Å². The summed E-state index contributed by atoms with van der Waals surface area (Å²) in [5, 5.41) is 2.72. The molecule has 110 valence electrons. The Morgan fingerprint density at radius 1 is 1.30 bits per heavy atom. The number of sulfone groups is 1. The van der Waals surface area contributed by atoms with Crippen molar-refractivity contribution in [2.75, 3.05) is 25.7 Å². The molecule has 1 aliphatic heterocycles. The molecule has 1 heterocycles. The molecule has 1 aromatic carbocycles. The van der Waals surface area contributed by atoms with Crippen molar-refractivity contribution in [2.24, 2.45) is 0 Å². The lowest BCUT2D eigenvalue weighted by Crippen LogP contribution is -2.35. The van der Waals surface area contributed by atoms with Gasteiger partial charge in [-0.05, 0) is 18.6 Å². The van der Waals surface area contributed by atoms with Crippen molar-refractivity contribution in [2.45, 2.75) is 12.5 Å². The van der Waals surface area contributed by atoms with E-state index in [0.29, 0.717) is 23.5 Å². The first kappa shape index (κ1) is 14.6. The van der Waals surface area contributed by atoms with Gasteiger partial charge in [-0.15, -0.1) is 0 Å². The second kappa shape index (κ2) is 5.70. The van der Waals surface area contributed by atoms with Gasteiger partial charge in [-0.3, -0.25) is 4.79 Å². The Bertz CT molecular complexity index is 611. The summed E-state index contributed by atoms with van der Waals surface area (Å²) in [6, 6.07) is 4.53. The van der Waals surface area contributed by atoms with Gasteiger partial charge in [-0.1, -0.05) is 0 Å². The Morgan fingerprint density at radius 3 is 2.60 bits per heavy atom. The summed E-state index contributed by atoms with van der Waals surface area (Å²) in [7, 11) is -0.0260. The number of methoxy groups -OCH3 is 2. The lowest BCUT2D eigenvalue weighted by molar-refractivity contribution is 0.0938. The third-order valence-corrected chi connectivity index (χ3v) is 4.99. The Hall–Kier alpha value is -1.76. The van der Waals surface area contributed by atoms with Gasteiger partial charge in [0, 0.05) is 12.1 Å². The van der Waals surface area contributed by atoms with E-state index in [-0.39, 0.29) is 23.5 Å². The number of ether oxygens (including phenoxy) is 2. The van der Waals surface area contributed by atoms with Crippen molar-refractivity contribution in [3.05, 3.63) is 23.8 Å². The van der Waals surface area contributed by atoms with Crippen LogP contribution in [0, 0.1) is 0 Å². The second-order valence-electron chi connectivity index (χ2n) is 4.64. The molecule has 1 aromatic rings. The standard InChI is InChI=1S/C13H17NO5S/c1-18-10-3-4-11(12(7-10)19-2)13(15)14-9-5-6-20(16,17)8-9/h3-4,7,9H,5-6,8H2,1-2H3,(H,14,15). The summed E-state index contributed by atoms with van der Waals surface area (Å²) in [6.07, 6.45) is 0.451. The van der Waals surface area contributed by atoms with Crippen molar-refractivity contribution >= 4 is 15.7 Å². The molecule has 1 atom stereocenters. The first-order valence-corrected chi connectivity index (χ1v) is 8.00. The van der Waals surface area contributed by atoms with Gasteiger partial charge in [-0.2, -0.15) is 0 Å². The summed E-state index contributed by atoms with van der Waals surface area (Å²) in [5.41, 5.74) is 0.359. The molecule has 2 rings (SSSR count). The van der Waals surface area contributed by atoms with Gasteiger partial charge in [0.15, 0.2) is 9.84 Å². The van der Waals surface area contributed by atoms with E-state index in [9.17, 15) is 13.2 Å². The minimum absolute atomic E-state index is 0.00277. The number of carbonyl (C=O) groups excluding carboxylic acids is 1. The zero-order chi connectivity index (χ0) is 14.8. The molecule has 0 bridgehead atoms. The highest BCUT2D eigenvalue weighted by molar-refractivity contribution is 7.91. The molecule has 1 amide bonds. The van der Waals surface area contributed by atoms with Gasteiger partial charge in [0.1, 0.15) is 11.5 Å². The molecule has 1 unspecified atom stereocenters. The number of hydrogen-bond donors (Lipinski definition) is 1. The minimum Gasteiger partial charge on any atom is -0.497 e. The predicted molar refractivity (Wildman–Crippen MR) is 74.1 cm³/mol. The molecule has 1 fully saturated rings. The fourth-order valence-electron chi connectivity index (χ4n) is 2.16. The maximum absolute atomic E-state index is 12.2. The number of benzene rings is 1. The van der Waals surface area contributed by atoms with Crippen LogP contribution in [0.2, 0.25) is 0 Å². The monoisotopic (exact) mass is 299 g/mol. The number of rotatable bonds is 4. The van der Waals surface area contributed by atoms with E-state index in [4.69, 9.17) is 9.47 Å². The maximum atomic E-state index is 12.2. The van der Waals surface area contributed by atoms with Crippen LogP contribution in [-0.4, -0.2) is 46.1 Å². The average Bonchev–Trinajstić information content (AvgIpc) is 2.76. The Labute approximate surface area is 118 Å². The average molecular weight is 299 g/mol. The van der Waals surface area contributed by atoms with Gasteiger partial charge in [0.25, 0.3) is 5.91 Å². The van der Waals surface area contributed by atoms with E-state index >= 15 is 0 Å². The van der Waals surface area contributed by atoms with Crippen LogP contribution in [0.25, 0.3) is 0 Å². The van der Waals surface area contributed by atoms with Gasteiger partial charge in [0.2, 0.25) is 0 Å². The molecule has 1 N–H and O–H groups in total. The minimum atomic E-state index is -3.02. The Kier molecular flexibility index (Phi) is 4.17. The zero-order valence-electron chi connectivity index (χ0n) is 11.4. The smallest absolute Gasteiger partial charge is 0.255 e. The molecule has 0 aliphatic carbocycles. The molecule has 6 nitrogen and oxygen atoms in total. The Balaban J connectivity index is 2.13. The van der Waals surface area contributed by atoms with Gasteiger partial charge < -0.3 is 14.8 Å². The van der Waals surface area contributed by atoms with Gasteiger partial charge >= 0.3 is 0 Å². The van der Waals surface area contributed by atoms with Crippen molar-refractivity contribution in [1.29, 1.82) is 0 Å². The van der Waals surface area contributed by atoms with Crippen LogP contribution in [0.1, 0.15) is 16.8 Å². The third-order valence-electron chi connectivity index (χ3n) is 3.22.